The number of nitrogens with zero attached hydrogens (tertiary/aromatic N) is 2. The summed E-state index contributed by atoms with van der Waals surface area (Å²) < 4.78 is 0. The molecule has 0 aliphatic carbocycles. The summed E-state index contributed by atoms with van der Waals surface area (Å²) in [5.74, 6) is 0.408. The van der Waals surface area contributed by atoms with E-state index in [1.54, 1.807) is 12.1 Å². The Morgan fingerprint density at radius 3 is 2.58 bits per heavy atom. The second-order valence-electron chi connectivity index (χ2n) is 8.32. The number of aromatic nitrogens is 1. The fourth-order valence-corrected chi connectivity index (χ4v) is 4.39. The number of hydrogen-bond acceptors (Lipinski definition) is 3. The summed E-state index contributed by atoms with van der Waals surface area (Å²) in [5.41, 5.74) is 4.54. The molecule has 0 radical (unpaired) electrons. The van der Waals surface area contributed by atoms with Crippen molar-refractivity contribution in [1.29, 1.82) is 0 Å². The number of amides is 1. The average molecular weight is 434 g/mol. The van der Waals surface area contributed by atoms with Crippen LogP contribution in [0.2, 0.25) is 5.02 Å². The first kappa shape index (κ1) is 21.5. The molecule has 2 aromatic carbocycles. The molecule has 1 saturated heterocycles. The number of hydrogen-bond donors (Lipinski definition) is 1. The van der Waals surface area contributed by atoms with Crippen LogP contribution in [0.4, 0.5) is 5.69 Å². The van der Waals surface area contributed by atoms with Crippen LogP contribution in [0.3, 0.4) is 0 Å². The molecule has 0 spiro atoms. The zero-order valence-electron chi connectivity index (χ0n) is 17.9. The number of likely N-dealkylation sites (tertiary alicyclic amines) is 1. The normalized spacial score (nSPS) is 15.0. The van der Waals surface area contributed by atoms with Gasteiger partial charge in [0.1, 0.15) is 0 Å². The molecule has 31 heavy (non-hydrogen) atoms. The molecule has 4 rings (SSSR count). The summed E-state index contributed by atoms with van der Waals surface area (Å²) in [7, 11) is 0. The van der Waals surface area contributed by atoms with E-state index < -0.39 is 0 Å². The SMILES string of the molecule is Cc1ccc(C(=O)Nc2cccc(Cl)c2)c(CC2CCN(Cc3ccccc3)CC2)n1. The molecule has 1 aliphatic rings. The maximum Gasteiger partial charge on any atom is 0.257 e. The van der Waals surface area contributed by atoms with E-state index in [0.717, 1.165) is 50.3 Å². The lowest BCUT2D eigenvalue weighted by molar-refractivity contribution is 0.102. The zero-order valence-corrected chi connectivity index (χ0v) is 18.6. The summed E-state index contributed by atoms with van der Waals surface area (Å²) >= 11 is 6.05. The Labute approximate surface area is 189 Å². The fraction of sp³-hybridized carbons (Fsp3) is 0.308. The predicted octanol–water partition coefficient (Wildman–Crippen LogP) is 5.75. The molecule has 1 N–H and O–H groups in total. The largest absolute Gasteiger partial charge is 0.322 e. The molecule has 0 unspecified atom stereocenters. The molecule has 0 bridgehead atoms. The summed E-state index contributed by atoms with van der Waals surface area (Å²) in [5, 5.41) is 3.56. The van der Waals surface area contributed by atoms with Crippen molar-refractivity contribution in [3.63, 3.8) is 0 Å². The summed E-state index contributed by atoms with van der Waals surface area (Å²) in [6.07, 6.45) is 3.08. The molecule has 3 aromatic rings. The number of halogens is 1. The highest BCUT2D eigenvalue weighted by atomic mass is 35.5. The Balaban J connectivity index is 1.39. The number of carbonyl (C=O) groups is 1. The van der Waals surface area contributed by atoms with Gasteiger partial charge in [-0.2, -0.15) is 0 Å². The number of pyridine rings is 1. The van der Waals surface area contributed by atoms with E-state index in [-0.39, 0.29) is 5.91 Å². The van der Waals surface area contributed by atoms with Crippen molar-refractivity contribution in [3.05, 3.63) is 94.3 Å². The van der Waals surface area contributed by atoms with Gasteiger partial charge in [0.2, 0.25) is 0 Å². The molecule has 160 valence electrons. The van der Waals surface area contributed by atoms with Crippen molar-refractivity contribution in [2.75, 3.05) is 18.4 Å². The van der Waals surface area contributed by atoms with Crippen LogP contribution >= 0.6 is 11.6 Å². The monoisotopic (exact) mass is 433 g/mol. The van der Waals surface area contributed by atoms with Crippen molar-refractivity contribution in [3.8, 4) is 0 Å². The van der Waals surface area contributed by atoms with Gasteiger partial charge in [-0.25, -0.2) is 0 Å². The third-order valence-electron chi connectivity index (χ3n) is 5.88. The van der Waals surface area contributed by atoms with Crippen molar-refractivity contribution in [2.45, 2.75) is 32.7 Å². The highest BCUT2D eigenvalue weighted by molar-refractivity contribution is 6.31. The topological polar surface area (TPSA) is 45.2 Å². The minimum Gasteiger partial charge on any atom is -0.322 e. The van der Waals surface area contributed by atoms with E-state index in [1.165, 1.54) is 5.56 Å². The number of aryl methyl sites for hydroxylation is 1. The first-order valence-electron chi connectivity index (χ1n) is 10.9. The Morgan fingerprint density at radius 2 is 1.84 bits per heavy atom. The Morgan fingerprint density at radius 1 is 1.06 bits per heavy atom. The smallest absolute Gasteiger partial charge is 0.257 e. The van der Waals surface area contributed by atoms with Crippen LogP contribution in [-0.2, 0) is 13.0 Å². The minimum absolute atomic E-state index is 0.133. The van der Waals surface area contributed by atoms with Gasteiger partial charge >= 0.3 is 0 Å². The molecule has 5 heteroatoms. The van der Waals surface area contributed by atoms with E-state index in [2.05, 4.69) is 40.5 Å². The van der Waals surface area contributed by atoms with E-state index >= 15 is 0 Å². The van der Waals surface area contributed by atoms with Crippen LogP contribution in [0.15, 0.2) is 66.7 Å². The molecule has 0 saturated carbocycles. The predicted molar refractivity (Wildman–Crippen MR) is 127 cm³/mol. The average Bonchev–Trinajstić information content (AvgIpc) is 2.76. The lowest BCUT2D eigenvalue weighted by Gasteiger charge is -2.32. The lowest BCUT2D eigenvalue weighted by Crippen LogP contribution is -2.34. The number of piperidine rings is 1. The van der Waals surface area contributed by atoms with E-state index in [9.17, 15) is 4.79 Å². The first-order chi connectivity index (χ1) is 15.1. The number of benzene rings is 2. The van der Waals surface area contributed by atoms with Crippen molar-refractivity contribution in [1.82, 2.24) is 9.88 Å². The van der Waals surface area contributed by atoms with Crippen LogP contribution in [0.5, 0.6) is 0 Å². The number of anilines is 1. The first-order valence-corrected chi connectivity index (χ1v) is 11.2. The molecule has 4 nitrogen and oxygen atoms in total. The molecule has 2 heterocycles. The van der Waals surface area contributed by atoms with Gasteiger partial charge in [-0.15, -0.1) is 0 Å². The highest BCUT2D eigenvalue weighted by Gasteiger charge is 2.23. The van der Waals surface area contributed by atoms with Gasteiger partial charge in [-0.1, -0.05) is 48.0 Å². The Bertz CT molecular complexity index is 1030. The second-order valence-corrected chi connectivity index (χ2v) is 8.76. The van der Waals surface area contributed by atoms with Gasteiger partial charge in [0, 0.05) is 22.9 Å². The third kappa shape index (κ3) is 5.93. The van der Waals surface area contributed by atoms with Gasteiger partial charge in [-0.05, 0) is 81.1 Å². The molecular weight excluding hydrogens is 406 g/mol. The fourth-order valence-electron chi connectivity index (χ4n) is 4.20. The molecule has 1 amide bonds. The highest BCUT2D eigenvalue weighted by Crippen LogP contribution is 2.25. The van der Waals surface area contributed by atoms with Crippen molar-refractivity contribution >= 4 is 23.2 Å². The van der Waals surface area contributed by atoms with Gasteiger partial charge in [0.15, 0.2) is 0 Å². The molecular formula is C26H28ClN3O. The van der Waals surface area contributed by atoms with E-state index in [4.69, 9.17) is 16.6 Å². The molecule has 1 fully saturated rings. The lowest BCUT2D eigenvalue weighted by atomic mass is 9.90. The van der Waals surface area contributed by atoms with Gasteiger partial charge < -0.3 is 5.32 Å². The molecule has 1 aromatic heterocycles. The summed E-state index contributed by atoms with van der Waals surface area (Å²) in [6.45, 7) is 5.14. The standard InChI is InChI=1S/C26H28ClN3O/c1-19-10-11-24(26(31)29-23-9-5-8-22(27)17-23)25(28-19)16-20-12-14-30(15-13-20)18-21-6-3-2-4-7-21/h2-11,17,20H,12-16,18H2,1H3,(H,29,31). The molecule has 1 aliphatic heterocycles. The maximum absolute atomic E-state index is 13.0. The summed E-state index contributed by atoms with van der Waals surface area (Å²) in [4.78, 5) is 20.2. The van der Waals surface area contributed by atoms with Gasteiger partial charge in [-0.3, -0.25) is 14.7 Å². The van der Waals surface area contributed by atoms with Crippen LogP contribution in [0, 0.1) is 12.8 Å². The van der Waals surface area contributed by atoms with E-state index in [0.29, 0.717) is 22.2 Å². The second kappa shape index (κ2) is 10.1. The zero-order chi connectivity index (χ0) is 21.6. The quantitative estimate of drug-likeness (QED) is 0.538. The van der Waals surface area contributed by atoms with Crippen molar-refractivity contribution in [2.24, 2.45) is 5.92 Å². The van der Waals surface area contributed by atoms with Crippen molar-refractivity contribution < 1.29 is 4.79 Å². The number of nitrogens with one attached hydrogen (secondary N) is 1. The van der Waals surface area contributed by atoms with Crippen LogP contribution in [0.1, 0.15) is 40.2 Å². The Kier molecular flexibility index (Phi) is 7.00. The number of carbonyl (C=O) groups excluding carboxylic acids is 1. The van der Waals surface area contributed by atoms with E-state index in [1.807, 2.05) is 31.2 Å². The maximum atomic E-state index is 13.0. The minimum atomic E-state index is -0.133. The van der Waals surface area contributed by atoms with Crippen LogP contribution in [-0.4, -0.2) is 28.9 Å². The molecule has 0 atom stereocenters. The third-order valence-corrected chi connectivity index (χ3v) is 6.11. The van der Waals surface area contributed by atoms with Crippen LogP contribution in [0.25, 0.3) is 0 Å². The summed E-state index contributed by atoms with van der Waals surface area (Å²) in [6, 6.07) is 21.6. The van der Waals surface area contributed by atoms with Crippen LogP contribution < -0.4 is 5.32 Å². The van der Waals surface area contributed by atoms with Gasteiger partial charge in [0.25, 0.3) is 5.91 Å². The Hall–Kier alpha value is -2.69. The van der Waals surface area contributed by atoms with Gasteiger partial charge in [0.05, 0.1) is 11.3 Å². The number of rotatable bonds is 6.